The van der Waals surface area contributed by atoms with Crippen molar-refractivity contribution >= 4 is 38.4 Å². The molecule has 0 unspecified atom stereocenters. The summed E-state index contributed by atoms with van der Waals surface area (Å²) >= 11 is 0.857. The van der Waals surface area contributed by atoms with Crippen LogP contribution < -0.4 is 5.14 Å². The van der Waals surface area contributed by atoms with E-state index in [9.17, 15) is 13.2 Å². The van der Waals surface area contributed by atoms with Crippen molar-refractivity contribution in [1.29, 1.82) is 0 Å². The first-order valence-electron chi connectivity index (χ1n) is 6.06. The van der Waals surface area contributed by atoms with E-state index in [2.05, 4.69) is 4.98 Å². The van der Waals surface area contributed by atoms with Gasteiger partial charge in [-0.05, 0) is 18.2 Å². The van der Waals surface area contributed by atoms with Crippen molar-refractivity contribution in [3.8, 4) is 0 Å². The summed E-state index contributed by atoms with van der Waals surface area (Å²) in [7, 11) is -3.82. The largest absolute Gasteiger partial charge is 0.452 e. The number of nitrogens with zero attached hydrogens (tertiary/aromatic N) is 1. The molecule has 22 heavy (non-hydrogen) atoms. The van der Waals surface area contributed by atoms with E-state index in [0.29, 0.717) is 11.1 Å². The normalized spacial score (nSPS) is 11.7. The number of primary sulfonamides is 1. The Kier molecular flexibility index (Phi) is 3.69. The van der Waals surface area contributed by atoms with E-state index in [1.807, 2.05) is 12.1 Å². The number of aromatic nitrogens is 1. The van der Waals surface area contributed by atoms with Crippen molar-refractivity contribution in [2.24, 2.45) is 5.14 Å². The van der Waals surface area contributed by atoms with Crippen LogP contribution in [0.15, 0.2) is 44.3 Å². The molecule has 0 atom stereocenters. The van der Waals surface area contributed by atoms with Gasteiger partial charge in [0.25, 0.3) is 0 Å². The average molecular weight is 338 g/mol. The van der Waals surface area contributed by atoms with Gasteiger partial charge in [-0.1, -0.05) is 12.1 Å². The summed E-state index contributed by atoms with van der Waals surface area (Å²) in [5.74, 6) is -0.412. The molecular weight excluding hydrogens is 328 g/mol. The van der Waals surface area contributed by atoms with E-state index in [1.165, 1.54) is 11.4 Å². The van der Waals surface area contributed by atoms with Gasteiger partial charge in [-0.2, -0.15) is 0 Å². The zero-order valence-corrected chi connectivity index (χ0v) is 12.7. The standard InChI is InChI=1S/C13H10N2O5S2/c14-22(17,18)12-5-8(7-21-12)13(16)19-6-11-15-9-3-1-2-4-10(9)20-11/h1-5,7H,6H2,(H2,14,17,18). The molecule has 1 aromatic carbocycles. The average Bonchev–Trinajstić information content (AvgIpc) is 3.10. The van der Waals surface area contributed by atoms with Crippen LogP contribution in [0.4, 0.5) is 0 Å². The Morgan fingerprint density at radius 1 is 1.36 bits per heavy atom. The predicted octanol–water partition coefficient (Wildman–Crippen LogP) is 1.89. The number of thiophene rings is 1. The van der Waals surface area contributed by atoms with Gasteiger partial charge in [0.15, 0.2) is 12.2 Å². The Bertz CT molecular complexity index is 909. The molecule has 3 rings (SSSR count). The molecule has 9 heteroatoms. The van der Waals surface area contributed by atoms with E-state index in [4.69, 9.17) is 14.3 Å². The van der Waals surface area contributed by atoms with E-state index < -0.39 is 16.0 Å². The highest BCUT2D eigenvalue weighted by molar-refractivity contribution is 7.91. The summed E-state index contributed by atoms with van der Waals surface area (Å²) < 4.78 is 32.7. The van der Waals surface area contributed by atoms with Crippen molar-refractivity contribution < 1.29 is 22.4 Å². The van der Waals surface area contributed by atoms with E-state index in [1.54, 1.807) is 12.1 Å². The van der Waals surface area contributed by atoms with Gasteiger partial charge >= 0.3 is 5.97 Å². The minimum absolute atomic E-state index is 0.0960. The fourth-order valence-corrected chi connectivity index (χ4v) is 3.34. The van der Waals surface area contributed by atoms with E-state index >= 15 is 0 Å². The predicted molar refractivity (Wildman–Crippen MR) is 78.8 cm³/mol. The number of hydrogen-bond donors (Lipinski definition) is 1. The van der Waals surface area contributed by atoms with Crippen LogP contribution in [0.1, 0.15) is 16.2 Å². The number of para-hydroxylation sites is 2. The van der Waals surface area contributed by atoms with Gasteiger partial charge in [-0.3, -0.25) is 0 Å². The summed E-state index contributed by atoms with van der Waals surface area (Å²) in [6.45, 7) is -0.145. The fraction of sp³-hybridized carbons (Fsp3) is 0.0769. The third-order valence-corrected chi connectivity index (χ3v) is 5.14. The Morgan fingerprint density at radius 3 is 2.82 bits per heavy atom. The van der Waals surface area contributed by atoms with Crippen LogP contribution in [0.3, 0.4) is 0 Å². The Morgan fingerprint density at radius 2 is 2.14 bits per heavy atom. The number of sulfonamides is 1. The molecule has 0 fully saturated rings. The first-order valence-corrected chi connectivity index (χ1v) is 8.49. The number of hydrogen-bond acceptors (Lipinski definition) is 7. The maximum absolute atomic E-state index is 11.9. The van der Waals surface area contributed by atoms with Gasteiger partial charge in [-0.15, -0.1) is 11.3 Å². The molecule has 2 N–H and O–H groups in total. The van der Waals surface area contributed by atoms with Crippen molar-refractivity contribution in [2.75, 3.05) is 0 Å². The molecule has 0 spiro atoms. The van der Waals surface area contributed by atoms with Gasteiger partial charge in [-0.25, -0.2) is 23.3 Å². The summed E-state index contributed by atoms with van der Waals surface area (Å²) in [5, 5.41) is 6.35. The molecule has 0 saturated carbocycles. The van der Waals surface area contributed by atoms with Crippen LogP contribution in [0.2, 0.25) is 0 Å². The van der Waals surface area contributed by atoms with Crippen LogP contribution >= 0.6 is 11.3 Å². The smallest absolute Gasteiger partial charge is 0.339 e. The number of benzene rings is 1. The Balaban J connectivity index is 1.70. The molecular formula is C13H10N2O5S2. The topological polar surface area (TPSA) is 112 Å². The van der Waals surface area contributed by atoms with E-state index in [-0.39, 0.29) is 22.3 Å². The first-order chi connectivity index (χ1) is 10.4. The van der Waals surface area contributed by atoms with Crippen molar-refractivity contribution in [2.45, 2.75) is 10.8 Å². The SMILES string of the molecule is NS(=O)(=O)c1cc(C(=O)OCc2nc3ccccc3o2)cs1. The van der Waals surface area contributed by atoms with Crippen LogP contribution in [0, 0.1) is 0 Å². The van der Waals surface area contributed by atoms with Crippen molar-refractivity contribution in [3.63, 3.8) is 0 Å². The van der Waals surface area contributed by atoms with Gasteiger partial charge in [0.2, 0.25) is 15.9 Å². The van der Waals surface area contributed by atoms with Crippen molar-refractivity contribution in [1.82, 2.24) is 4.98 Å². The second kappa shape index (κ2) is 5.52. The molecule has 0 aliphatic rings. The maximum Gasteiger partial charge on any atom is 0.339 e. The number of oxazole rings is 1. The van der Waals surface area contributed by atoms with Gasteiger partial charge in [0.05, 0.1) is 5.56 Å². The molecule has 0 aliphatic heterocycles. The lowest BCUT2D eigenvalue weighted by Gasteiger charge is -1.99. The van der Waals surface area contributed by atoms with Crippen molar-refractivity contribution in [3.05, 3.63) is 47.2 Å². The molecule has 0 amide bonds. The molecule has 0 aliphatic carbocycles. The van der Waals surface area contributed by atoms with Crippen LogP contribution in [0.5, 0.6) is 0 Å². The van der Waals surface area contributed by atoms with Gasteiger partial charge in [0, 0.05) is 5.38 Å². The number of rotatable bonds is 4. The van der Waals surface area contributed by atoms with Crippen LogP contribution in [-0.4, -0.2) is 19.4 Å². The molecule has 7 nitrogen and oxygen atoms in total. The number of fused-ring (bicyclic) bond motifs is 1. The summed E-state index contributed by atoms with van der Waals surface area (Å²) in [4.78, 5) is 16.0. The highest BCUT2D eigenvalue weighted by Crippen LogP contribution is 2.20. The second-order valence-electron chi connectivity index (χ2n) is 4.35. The Hall–Kier alpha value is -2.23. The van der Waals surface area contributed by atoms with Gasteiger partial charge in [0.1, 0.15) is 9.73 Å². The summed E-state index contributed by atoms with van der Waals surface area (Å²) in [6.07, 6.45) is 0. The monoisotopic (exact) mass is 338 g/mol. The molecule has 0 saturated heterocycles. The molecule has 0 bridgehead atoms. The molecule has 0 radical (unpaired) electrons. The van der Waals surface area contributed by atoms with E-state index in [0.717, 1.165) is 11.3 Å². The molecule has 2 aromatic heterocycles. The number of esters is 1. The minimum Gasteiger partial charge on any atom is -0.452 e. The minimum atomic E-state index is -3.82. The number of ether oxygens (including phenoxy) is 1. The summed E-state index contributed by atoms with van der Waals surface area (Å²) in [5.41, 5.74) is 1.38. The Labute approximate surface area is 129 Å². The number of carbonyl (C=O) groups is 1. The number of nitrogens with two attached hydrogens (primary N) is 1. The molecule has 3 aromatic rings. The number of carbonyl (C=O) groups excluding carboxylic acids is 1. The zero-order chi connectivity index (χ0) is 15.7. The first kappa shape index (κ1) is 14.7. The van der Waals surface area contributed by atoms with Crippen LogP contribution in [0.25, 0.3) is 11.1 Å². The van der Waals surface area contributed by atoms with Crippen LogP contribution in [-0.2, 0) is 21.4 Å². The highest BCUT2D eigenvalue weighted by Gasteiger charge is 2.17. The quantitative estimate of drug-likeness (QED) is 0.727. The third-order valence-electron chi connectivity index (χ3n) is 2.76. The lowest BCUT2D eigenvalue weighted by molar-refractivity contribution is 0.0441. The maximum atomic E-state index is 11.9. The van der Waals surface area contributed by atoms with Gasteiger partial charge < -0.3 is 9.15 Å². The zero-order valence-electron chi connectivity index (χ0n) is 11.1. The molecule has 2 heterocycles. The fourth-order valence-electron chi connectivity index (χ4n) is 1.77. The lowest BCUT2D eigenvalue weighted by atomic mass is 10.3. The highest BCUT2D eigenvalue weighted by atomic mass is 32.2. The second-order valence-corrected chi connectivity index (χ2v) is 7.05. The summed E-state index contributed by atoms with van der Waals surface area (Å²) in [6, 6.07) is 8.34. The third kappa shape index (κ3) is 3.01. The lowest BCUT2D eigenvalue weighted by Crippen LogP contribution is -2.10. The molecule has 114 valence electrons.